The van der Waals surface area contributed by atoms with Crippen molar-refractivity contribution in [2.45, 2.75) is 31.5 Å². The molecule has 0 unspecified atom stereocenters. The number of hydrogen-bond acceptors (Lipinski definition) is 4. The summed E-state index contributed by atoms with van der Waals surface area (Å²) in [5.74, 6) is -0.418. The predicted octanol–water partition coefficient (Wildman–Crippen LogP) is 1.30. The molecule has 92 valence electrons. The lowest BCUT2D eigenvalue weighted by atomic mass is 9.70. The number of ketones is 1. The number of halogens is 1. The van der Waals surface area contributed by atoms with Gasteiger partial charge in [-0.2, -0.15) is 0 Å². The molecule has 0 spiro atoms. The van der Waals surface area contributed by atoms with E-state index in [0.29, 0.717) is 6.42 Å². The van der Waals surface area contributed by atoms with E-state index >= 15 is 0 Å². The molecule has 2 bridgehead atoms. The van der Waals surface area contributed by atoms with Crippen molar-refractivity contribution in [1.82, 2.24) is 0 Å². The SMILES string of the molecule is C[C@@]12CC[C@@H]([C@H](Br)C1=O)[C@@]2(C)CS(=O)(=O)[O-]. The van der Waals surface area contributed by atoms with E-state index < -0.39 is 26.7 Å². The van der Waals surface area contributed by atoms with Gasteiger partial charge in [-0.25, -0.2) is 8.42 Å². The zero-order valence-electron chi connectivity index (χ0n) is 9.20. The first-order valence-electron chi connectivity index (χ1n) is 5.24. The van der Waals surface area contributed by atoms with Crippen LogP contribution in [0.3, 0.4) is 0 Å². The number of Topliss-reactive ketones (excluding diaryl/α,β-unsaturated/α-hetero) is 1. The van der Waals surface area contributed by atoms with Crippen LogP contribution in [0.5, 0.6) is 0 Å². The normalized spacial score (nSPS) is 47.6. The highest BCUT2D eigenvalue weighted by atomic mass is 79.9. The Labute approximate surface area is 104 Å². The van der Waals surface area contributed by atoms with Crippen LogP contribution in [-0.2, 0) is 14.9 Å². The minimum absolute atomic E-state index is 0.0336. The second-order valence-corrected chi connectivity index (χ2v) is 7.75. The van der Waals surface area contributed by atoms with Crippen molar-refractivity contribution in [1.29, 1.82) is 0 Å². The summed E-state index contributed by atoms with van der Waals surface area (Å²) in [5, 5.41) is 0. The number of rotatable bonds is 2. The average Bonchev–Trinajstić information content (AvgIpc) is 2.40. The highest BCUT2D eigenvalue weighted by Crippen LogP contribution is 2.65. The fraction of sp³-hybridized carbons (Fsp3) is 0.900. The van der Waals surface area contributed by atoms with E-state index in [0.717, 1.165) is 6.42 Å². The topological polar surface area (TPSA) is 74.3 Å². The monoisotopic (exact) mass is 309 g/mol. The summed E-state index contributed by atoms with van der Waals surface area (Å²) in [7, 11) is -4.30. The maximum absolute atomic E-state index is 12.0. The number of hydrogen-bond donors (Lipinski definition) is 0. The fourth-order valence-electron chi connectivity index (χ4n) is 3.45. The summed E-state index contributed by atoms with van der Waals surface area (Å²) in [5.41, 5.74) is -1.37. The molecular formula is C10H14BrO4S-. The zero-order valence-corrected chi connectivity index (χ0v) is 11.6. The van der Waals surface area contributed by atoms with E-state index in [9.17, 15) is 17.8 Å². The minimum Gasteiger partial charge on any atom is -0.748 e. The van der Waals surface area contributed by atoms with Crippen LogP contribution in [0, 0.1) is 16.7 Å². The lowest BCUT2D eigenvalue weighted by molar-refractivity contribution is -0.127. The van der Waals surface area contributed by atoms with E-state index in [2.05, 4.69) is 15.9 Å². The maximum Gasteiger partial charge on any atom is 0.153 e. The third kappa shape index (κ3) is 1.42. The zero-order chi connectivity index (χ0) is 12.4. The van der Waals surface area contributed by atoms with Crippen LogP contribution < -0.4 is 0 Å². The third-order valence-electron chi connectivity index (χ3n) is 4.66. The Bertz CT molecular complexity index is 446. The Balaban J connectivity index is 2.47. The van der Waals surface area contributed by atoms with Crippen LogP contribution in [0.1, 0.15) is 26.7 Å². The molecule has 2 fully saturated rings. The van der Waals surface area contributed by atoms with Crippen LogP contribution in [0.4, 0.5) is 0 Å². The van der Waals surface area contributed by atoms with E-state index in [4.69, 9.17) is 0 Å². The molecule has 4 atom stereocenters. The smallest absolute Gasteiger partial charge is 0.153 e. The quantitative estimate of drug-likeness (QED) is 0.569. The molecule has 0 aromatic heterocycles. The molecule has 0 aromatic carbocycles. The summed E-state index contributed by atoms with van der Waals surface area (Å²) in [6, 6.07) is 0. The van der Waals surface area contributed by atoms with Crippen molar-refractivity contribution in [3.8, 4) is 0 Å². The van der Waals surface area contributed by atoms with E-state index in [1.807, 2.05) is 0 Å². The Hall–Kier alpha value is 0.0600. The van der Waals surface area contributed by atoms with Gasteiger partial charge in [0, 0.05) is 11.2 Å². The molecule has 0 N–H and O–H groups in total. The molecule has 4 nitrogen and oxygen atoms in total. The van der Waals surface area contributed by atoms with Gasteiger partial charge in [-0.05, 0) is 24.2 Å². The summed E-state index contributed by atoms with van der Waals surface area (Å²) in [4.78, 5) is 11.8. The van der Waals surface area contributed by atoms with Crippen LogP contribution in [0.15, 0.2) is 0 Å². The van der Waals surface area contributed by atoms with Crippen molar-refractivity contribution in [3.05, 3.63) is 0 Å². The molecule has 2 aliphatic rings. The van der Waals surface area contributed by atoms with Gasteiger partial charge in [-0.3, -0.25) is 4.79 Å². The van der Waals surface area contributed by atoms with Gasteiger partial charge in [0.25, 0.3) is 0 Å². The molecule has 0 heterocycles. The molecule has 0 aliphatic heterocycles. The van der Waals surface area contributed by atoms with Gasteiger partial charge in [0.15, 0.2) is 5.78 Å². The van der Waals surface area contributed by atoms with Crippen molar-refractivity contribution >= 4 is 31.8 Å². The Kier molecular flexibility index (Phi) is 2.58. The summed E-state index contributed by atoms with van der Waals surface area (Å²) < 4.78 is 33.0. The molecule has 2 saturated carbocycles. The second kappa shape index (κ2) is 3.29. The molecule has 0 amide bonds. The lowest BCUT2D eigenvalue weighted by Gasteiger charge is -2.37. The highest BCUT2D eigenvalue weighted by molar-refractivity contribution is 9.10. The van der Waals surface area contributed by atoms with Crippen LogP contribution in [0.2, 0.25) is 0 Å². The molecule has 16 heavy (non-hydrogen) atoms. The van der Waals surface area contributed by atoms with Gasteiger partial charge in [0.1, 0.15) is 0 Å². The Morgan fingerprint density at radius 1 is 1.50 bits per heavy atom. The Morgan fingerprint density at radius 3 is 2.44 bits per heavy atom. The van der Waals surface area contributed by atoms with Gasteiger partial charge in [-0.15, -0.1) is 0 Å². The third-order valence-corrected chi connectivity index (χ3v) is 6.67. The Morgan fingerprint density at radius 2 is 2.06 bits per heavy atom. The second-order valence-electron chi connectivity index (χ2n) is 5.36. The maximum atomic E-state index is 12.0. The van der Waals surface area contributed by atoms with Gasteiger partial charge in [-0.1, -0.05) is 29.8 Å². The molecule has 6 heteroatoms. The molecule has 0 radical (unpaired) electrons. The first kappa shape index (κ1) is 12.5. The van der Waals surface area contributed by atoms with Gasteiger partial charge >= 0.3 is 0 Å². The first-order valence-corrected chi connectivity index (χ1v) is 7.73. The van der Waals surface area contributed by atoms with E-state index in [1.165, 1.54) is 0 Å². The predicted molar refractivity (Wildman–Crippen MR) is 61.2 cm³/mol. The number of fused-ring (bicyclic) bond motifs is 2. The van der Waals surface area contributed by atoms with E-state index in [-0.39, 0.29) is 16.5 Å². The molecule has 0 saturated heterocycles. The number of carbonyl (C=O) groups is 1. The molecule has 0 aromatic rings. The van der Waals surface area contributed by atoms with Crippen molar-refractivity contribution in [3.63, 3.8) is 0 Å². The van der Waals surface area contributed by atoms with Crippen LogP contribution in [-0.4, -0.2) is 29.3 Å². The van der Waals surface area contributed by atoms with Crippen LogP contribution >= 0.6 is 15.9 Å². The van der Waals surface area contributed by atoms with E-state index in [1.54, 1.807) is 13.8 Å². The van der Waals surface area contributed by atoms with Crippen molar-refractivity contribution in [2.75, 3.05) is 5.75 Å². The van der Waals surface area contributed by atoms with Crippen molar-refractivity contribution in [2.24, 2.45) is 16.7 Å². The number of alkyl halides is 1. The molecule has 2 rings (SSSR count). The lowest BCUT2D eigenvalue weighted by Crippen LogP contribution is -2.40. The van der Waals surface area contributed by atoms with Gasteiger partial charge < -0.3 is 4.55 Å². The largest absolute Gasteiger partial charge is 0.748 e. The summed E-state index contributed by atoms with van der Waals surface area (Å²) in [6.07, 6.45) is 1.49. The van der Waals surface area contributed by atoms with Crippen molar-refractivity contribution < 1.29 is 17.8 Å². The standard InChI is InChI=1S/C10H15BrO4S/c1-9-4-3-6(7(11)8(9)12)10(9,2)5-16(13,14)15/h6-7H,3-5H2,1-2H3,(H,13,14,15)/p-1/t6-,7-,9+,10+/m0/s1. The highest BCUT2D eigenvalue weighted by Gasteiger charge is 2.68. The van der Waals surface area contributed by atoms with Gasteiger partial charge in [0.2, 0.25) is 0 Å². The summed E-state index contributed by atoms with van der Waals surface area (Å²) in [6.45, 7) is 3.56. The minimum atomic E-state index is -4.30. The van der Waals surface area contributed by atoms with Crippen LogP contribution in [0.25, 0.3) is 0 Å². The average molecular weight is 310 g/mol. The molecular weight excluding hydrogens is 296 g/mol. The van der Waals surface area contributed by atoms with Gasteiger partial charge in [0.05, 0.1) is 14.9 Å². The number of carbonyl (C=O) groups excluding carboxylic acids is 1. The first-order chi connectivity index (χ1) is 7.12. The summed E-state index contributed by atoms with van der Waals surface area (Å²) >= 11 is 3.33. The fourth-order valence-corrected chi connectivity index (χ4v) is 6.07. The molecule has 2 aliphatic carbocycles.